The van der Waals surface area contributed by atoms with Gasteiger partial charge in [-0.05, 0) is 32.6 Å². The second-order valence-electron chi connectivity index (χ2n) is 6.07. The van der Waals surface area contributed by atoms with Crippen molar-refractivity contribution in [3.63, 3.8) is 0 Å². The highest BCUT2D eigenvalue weighted by Crippen LogP contribution is 2.28. The summed E-state index contributed by atoms with van der Waals surface area (Å²) < 4.78 is 20.0. The lowest BCUT2D eigenvalue weighted by Crippen LogP contribution is -2.43. The van der Waals surface area contributed by atoms with Crippen molar-refractivity contribution in [1.82, 2.24) is 5.32 Å². The Morgan fingerprint density at radius 3 is 2.19 bits per heavy atom. The van der Waals surface area contributed by atoms with Gasteiger partial charge in [0.25, 0.3) is 0 Å². The lowest BCUT2D eigenvalue weighted by Gasteiger charge is -2.33. The smallest absolute Gasteiger partial charge is 0.463 e. The van der Waals surface area contributed by atoms with Crippen LogP contribution in [0.25, 0.3) is 0 Å². The van der Waals surface area contributed by atoms with E-state index < -0.39 is 13.8 Å². The van der Waals surface area contributed by atoms with Crippen LogP contribution in [0.15, 0.2) is 11.3 Å². The maximum absolute atomic E-state index is 12.2. The quantitative estimate of drug-likeness (QED) is 0.300. The zero-order valence-corrected chi connectivity index (χ0v) is 17.1. The molecule has 158 valence electrons. The van der Waals surface area contributed by atoms with Gasteiger partial charge in [0.05, 0.1) is 30.1 Å². The van der Waals surface area contributed by atoms with Crippen LogP contribution in [0.2, 0.25) is 0 Å². The van der Waals surface area contributed by atoms with E-state index in [0.29, 0.717) is 24.1 Å². The fraction of sp³-hybridized carbons (Fsp3) is 0.750. The summed E-state index contributed by atoms with van der Waals surface area (Å²) in [7, 11) is -4.64. The maximum Gasteiger partial charge on any atom is 0.466 e. The van der Waals surface area contributed by atoms with Crippen molar-refractivity contribution < 1.29 is 38.3 Å². The number of phosphoric acid groups is 1. The van der Waals surface area contributed by atoms with Gasteiger partial charge in [-0.2, -0.15) is 0 Å². The first-order valence-corrected chi connectivity index (χ1v) is 10.4. The van der Waals surface area contributed by atoms with E-state index in [-0.39, 0.29) is 30.8 Å². The Morgan fingerprint density at radius 1 is 1.26 bits per heavy atom. The Bertz CT molecular complexity index is 563. The number of ether oxygens (including phenoxy) is 2. The highest BCUT2D eigenvalue weighted by molar-refractivity contribution is 7.45. The molecule has 11 heteroatoms. The zero-order valence-electron chi connectivity index (χ0n) is 16.2. The molecule has 0 spiro atoms. The summed E-state index contributed by atoms with van der Waals surface area (Å²) in [5, 5.41) is 2.75. The first kappa shape index (κ1) is 25.7. The van der Waals surface area contributed by atoms with Gasteiger partial charge in [0.1, 0.15) is 0 Å². The zero-order chi connectivity index (χ0) is 21.2. The predicted octanol–water partition coefficient (Wildman–Crippen LogP) is 0.706. The van der Waals surface area contributed by atoms with E-state index in [1.807, 2.05) is 13.8 Å². The predicted molar refractivity (Wildman–Crippen MR) is 98.2 cm³/mol. The molecule has 0 aromatic heterocycles. The Balaban J connectivity index is 0.00000119. The molecule has 0 aromatic carbocycles. The molecule has 6 N–H and O–H groups in total. The molecule has 0 heterocycles. The number of esters is 1. The lowest BCUT2D eigenvalue weighted by atomic mass is 9.89. The normalized spacial score (nSPS) is 20.0. The molecule has 10 nitrogen and oxygen atoms in total. The molecule has 1 aliphatic carbocycles. The number of nitrogens with two attached hydrogens (primary N) is 1. The van der Waals surface area contributed by atoms with Crippen LogP contribution < -0.4 is 11.1 Å². The number of carbonyl (C=O) groups excluding carboxylic acids is 2. The topological polar surface area (TPSA) is 168 Å². The van der Waals surface area contributed by atoms with E-state index in [9.17, 15) is 9.59 Å². The molecular weight excluding hydrogens is 379 g/mol. The van der Waals surface area contributed by atoms with Crippen molar-refractivity contribution >= 4 is 19.7 Å². The summed E-state index contributed by atoms with van der Waals surface area (Å²) in [4.78, 5) is 45.2. The number of carbonyl (C=O) groups is 2. The van der Waals surface area contributed by atoms with E-state index in [4.69, 9.17) is 34.5 Å². The molecule has 0 aliphatic heterocycles. The summed E-state index contributed by atoms with van der Waals surface area (Å²) >= 11 is 0. The SMILES string of the molecule is CCOC(=O)C1=C(NC(C)=O)C(OC(CC)CC)CC(N)C1.O=P(O)(O)O. The van der Waals surface area contributed by atoms with Gasteiger partial charge < -0.3 is 35.2 Å². The first-order chi connectivity index (χ1) is 12.4. The molecule has 0 fully saturated rings. The standard InChI is InChI=1S/C16H28N2O4.H3O4P/c1-5-12(6-2)22-14-9-11(17)8-13(16(20)21-7-3)15(14)18-10(4)19;1-5(2,3)4/h11-12,14H,5-9,17H2,1-4H3,(H,18,19);(H3,1,2,3,4). The summed E-state index contributed by atoms with van der Waals surface area (Å²) in [5.74, 6) is -0.662. The van der Waals surface area contributed by atoms with E-state index in [2.05, 4.69) is 5.32 Å². The number of rotatable bonds is 7. The molecule has 1 aliphatic rings. The summed E-state index contributed by atoms with van der Waals surface area (Å²) in [5.41, 5.74) is 7.00. The molecule has 1 amide bonds. The van der Waals surface area contributed by atoms with E-state index in [0.717, 1.165) is 12.8 Å². The first-order valence-electron chi connectivity index (χ1n) is 8.79. The maximum atomic E-state index is 12.2. The van der Waals surface area contributed by atoms with Crippen LogP contribution in [-0.2, 0) is 23.6 Å². The second kappa shape index (κ2) is 12.2. The van der Waals surface area contributed by atoms with Crippen molar-refractivity contribution in [1.29, 1.82) is 0 Å². The summed E-state index contributed by atoms with van der Waals surface area (Å²) in [6, 6.07) is -0.184. The summed E-state index contributed by atoms with van der Waals surface area (Å²) in [6.45, 7) is 7.54. The molecule has 27 heavy (non-hydrogen) atoms. The van der Waals surface area contributed by atoms with Crippen molar-refractivity contribution in [2.24, 2.45) is 5.73 Å². The van der Waals surface area contributed by atoms with Crippen LogP contribution in [0.4, 0.5) is 0 Å². The molecule has 1 rings (SSSR count). The highest BCUT2D eigenvalue weighted by Gasteiger charge is 2.33. The van der Waals surface area contributed by atoms with Gasteiger partial charge in [0.2, 0.25) is 5.91 Å². The van der Waals surface area contributed by atoms with E-state index in [1.165, 1.54) is 6.92 Å². The molecule has 2 atom stereocenters. The molecule has 2 unspecified atom stereocenters. The van der Waals surface area contributed by atoms with Gasteiger partial charge in [-0.25, -0.2) is 9.36 Å². The van der Waals surface area contributed by atoms with Crippen molar-refractivity contribution in [2.75, 3.05) is 6.61 Å². The van der Waals surface area contributed by atoms with Gasteiger partial charge in [0, 0.05) is 13.0 Å². The van der Waals surface area contributed by atoms with Gasteiger partial charge in [-0.3, -0.25) is 4.79 Å². The highest BCUT2D eigenvalue weighted by atomic mass is 31.2. The minimum Gasteiger partial charge on any atom is -0.463 e. The minimum absolute atomic E-state index is 0.0718. The van der Waals surface area contributed by atoms with Gasteiger partial charge in [0.15, 0.2) is 0 Å². The number of hydrogen-bond acceptors (Lipinski definition) is 6. The molecule has 0 saturated heterocycles. The fourth-order valence-corrected chi connectivity index (χ4v) is 2.64. The van der Waals surface area contributed by atoms with E-state index >= 15 is 0 Å². The molecular formula is C16H31N2O8P. The summed E-state index contributed by atoms with van der Waals surface area (Å²) in [6.07, 6.45) is 2.39. The van der Waals surface area contributed by atoms with Crippen LogP contribution in [0.5, 0.6) is 0 Å². The number of nitrogens with one attached hydrogen (secondary N) is 1. The van der Waals surface area contributed by atoms with E-state index in [1.54, 1.807) is 6.92 Å². The Labute approximate surface area is 159 Å². The number of hydrogen-bond donors (Lipinski definition) is 5. The Morgan fingerprint density at radius 2 is 1.78 bits per heavy atom. The molecule has 0 bridgehead atoms. The second-order valence-corrected chi connectivity index (χ2v) is 7.10. The third-order valence-corrected chi connectivity index (χ3v) is 3.73. The lowest BCUT2D eigenvalue weighted by molar-refractivity contribution is -0.139. The molecule has 0 radical (unpaired) electrons. The van der Waals surface area contributed by atoms with Crippen LogP contribution >= 0.6 is 7.82 Å². The van der Waals surface area contributed by atoms with Crippen LogP contribution in [-0.4, -0.2) is 51.4 Å². The molecule has 0 aromatic rings. The van der Waals surface area contributed by atoms with Crippen molar-refractivity contribution in [3.05, 3.63) is 11.3 Å². The minimum atomic E-state index is -4.64. The van der Waals surface area contributed by atoms with Gasteiger partial charge in [-0.15, -0.1) is 0 Å². The average Bonchev–Trinajstić information content (AvgIpc) is 2.52. The van der Waals surface area contributed by atoms with Gasteiger partial charge >= 0.3 is 13.8 Å². The van der Waals surface area contributed by atoms with Crippen molar-refractivity contribution in [2.45, 2.75) is 71.6 Å². The third-order valence-electron chi connectivity index (χ3n) is 3.73. The van der Waals surface area contributed by atoms with Crippen LogP contribution in [0.3, 0.4) is 0 Å². The Hall–Kier alpha value is -1.29. The molecule has 0 saturated carbocycles. The van der Waals surface area contributed by atoms with Gasteiger partial charge in [-0.1, -0.05) is 13.8 Å². The third kappa shape index (κ3) is 11.2. The van der Waals surface area contributed by atoms with Crippen LogP contribution in [0.1, 0.15) is 53.4 Å². The monoisotopic (exact) mass is 410 g/mol. The largest absolute Gasteiger partial charge is 0.466 e. The van der Waals surface area contributed by atoms with Crippen LogP contribution in [0, 0.1) is 0 Å². The Kier molecular flexibility index (Phi) is 11.6. The van der Waals surface area contributed by atoms with Crippen molar-refractivity contribution in [3.8, 4) is 0 Å². The number of amides is 1. The fourth-order valence-electron chi connectivity index (χ4n) is 2.64. The average molecular weight is 410 g/mol.